The zero-order chi connectivity index (χ0) is 14.8. The first-order valence-electron chi connectivity index (χ1n) is 6.60. The number of nitrogens with zero attached hydrogens (tertiary/aromatic N) is 1. The van der Waals surface area contributed by atoms with Crippen molar-refractivity contribution in [2.75, 3.05) is 19.8 Å². The third-order valence-corrected chi connectivity index (χ3v) is 5.88. The second-order valence-electron chi connectivity index (χ2n) is 6.95. The molecular weight excluding hydrogens is 262 g/mol. The summed E-state index contributed by atoms with van der Waals surface area (Å²) in [6.07, 6.45) is 0.400. The van der Waals surface area contributed by atoms with E-state index < -0.39 is 13.7 Å². The average molecular weight is 287 g/mol. The first-order valence-corrected chi connectivity index (χ1v) is 10.0. The topological polar surface area (TPSA) is 55.8 Å². The molecule has 1 rings (SSSR count). The number of carbonyl (C=O) groups is 2. The van der Waals surface area contributed by atoms with Crippen LogP contribution in [0.2, 0.25) is 19.1 Å². The Hall–Kier alpha value is -1.04. The van der Waals surface area contributed by atoms with Crippen molar-refractivity contribution in [2.24, 2.45) is 5.92 Å². The van der Waals surface area contributed by atoms with Gasteiger partial charge in [-0.05, 0) is 26.8 Å². The van der Waals surface area contributed by atoms with Crippen LogP contribution in [0.25, 0.3) is 0 Å². The van der Waals surface area contributed by atoms with Crippen LogP contribution in [0.1, 0.15) is 20.8 Å². The van der Waals surface area contributed by atoms with Crippen molar-refractivity contribution in [3.8, 4) is 0 Å². The summed E-state index contributed by atoms with van der Waals surface area (Å²) in [4.78, 5) is 25.5. The molecule has 0 aromatic carbocycles. The predicted octanol–water partition coefficient (Wildman–Crippen LogP) is 2.27. The third kappa shape index (κ3) is 4.85. The van der Waals surface area contributed by atoms with E-state index in [0.29, 0.717) is 6.54 Å². The van der Waals surface area contributed by atoms with E-state index in [2.05, 4.69) is 13.1 Å². The van der Waals surface area contributed by atoms with Gasteiger partial charge in [0.1, 0.15) is 5.60 Å². The quantitative estimate of drug-likeness (QED) is 0.548. The monoisotopic (exact) mass is 287 g/mol. The third-order valence-electron chi connectivity index (χ3n) is 3.04. The molecular formula is C13H25NO4Si. The maximum atomic E-state index is 12.1. The summed E-state index contributed by atoms with van der Waals surface area (Å²) in [6, 6.07) is 0.860. The van der Waals surface area contributed by atoms with E-state index in [0.717, 1.165) is 12.2 Å². The highest BCUT2D eigenvalue weighted by Crippen LogP contribution is 2.27. The fourth-order valence-electron chi connectivity index (χ4n) is 2.43. The van der Waals surface area contributed by atoms with E-state index >= 15 is 0 Å². The van der Waals surface area contributed by atoms with Gasteiger partial charge in [-0.2, -0.15) is 0 Å². The zero-order valence-corrected chi connectivity index (χ0v) is 13.8. The Balaban J connectivity index is 2.78. The fourth-order valence-corrected chi connectivity index (χ4v) is 5.48. The SMILES string of the molecule is COC(=O)C1CN(C(=O)OC(C)(C)C)C[Si](C)(C)C1. The van der Waals surface area contributed by atoms with Crippen molar-refractivity contribution in [3.63, 3.8) is 0 Å². The summed E-state index contributed by atoms with van der Waals surface area (Å²) in [5, 5.41) is 0. The zero-order valence-electron chi connectivity index (χ0n) is 12.8. The molecule has 1 fully saturated rings. The van der Waals surface area contributed by atoms with Crippen molar-refractivity contribution in [1.82, 2.24) is 4.90 Å². The smallest absolute Gasteiger partial charge is 0.410 e. The van der Waals surface area contributed by atoms with E-state index in [1.165, 1.54) is 7.11 Å². The average Bonchev–Trinajstić information content (AvgIpc) is 2.23. The van der Waals surface area contributed by atoms with Crippen molar-refractivity contribution < 1.29 is 19.1 Å². The highest BCUT2D eigenvalue weighted by atomic mass is 28.3. The lowest BCUT2D eigenvalue weighted by Gasteiger charge is -2.40. The number of hydrogen-bond donors (Lipinski definition) is 0. The molecule has 1 aliphatic heterocycles. The number of rotatable bonds is 1. The Morgan fingerprint density at radius 1 is 1.26 bits per heavy atom. The standard InChI is InChI=1S/C13H25NO4Si/c1-13(2,3)18-12(16)14-7-10(11(15)17-4)8-19(5,6)9-14/h10H,7-9H2,1-6H3. The van der Waals surface area contributed by atoms with Crippen LogP contribution < -0.4 is 0 Å². The molecule has 1 amide bonds. The molecule has 1 atom stereocenters. The van der Waals surface area contributed by atoms with Gasteiger partial charge in [-0.1, -0.05) is 13.1 Å². The Labute approximate surface area is 116 Å². The Bertz CT molecular complexity index is 362. The molecule has 0 aromatic heterocycles. The minimum absolute atomic E-state index is 0.215. The molecule has 1 saturated heterocycles. The molecule has 19 heavy (non-hydrogen) atoms. The first-order chi connectivity index (χ1) is 8.54. The van der Waals surface area contributed by atoms with Gasteiger partial charge < -0.3 is 14.4 Å². The van der Waals surface area contributed by atoms with Crippen LogP contribution in [0.3, 0.4) is 0 Å². The maximum absolute atomic E-state index is 12.1. The van der Waals surface area contributed by atoms with Crippen LogP contribution in [0.5, 0.6) is 0 Å². The number of amides is 1. The van der Waals surface area contributed by atoms with Crippen molar-refractivity contribution in [3.05, 3.63) is 0 Å². The fraction of sp³-hybridized carbons (Fsp3) is 0.846. The number of esters is 1. The van der Waals surface area contributed by atoms with E-state index in [-0.39, 0.29) is 18.0 Å². The van der Waals surface area contributed by atoms with Gasteiger partial charge >= 0.3 is 12.1 Å². The lowest BCUT2D eigenvalue weighted by Crippen LogP contribution is -2.55. The van der Waals surface area contributed by atoms with Gasteiger partial charge in [0.25, 0.3) is 0 Å². The highest BCUT2D eigenvalue weighted by molar-refractivity contribution is 6.78. The Morgan fingerprint density at radius 2 is 1.84 bits per heavy atom. The van der Waals surface area contributed by atoms with E-state index in [9.17, 15) is 9.59 Å². The van der Waals surface area contributed by atoms with Crippen molar-refractivity contribution in [2.45, 2.75) is 45.5 Å². The van der Waals surface area contributed by atoms with Crippen molar-refractivity contribution >= 4 is 20.1 Å². The molecule has 1 unspecified atom stereocenters. The molecule has 0 bridgehead atoms. The molecule has 1 aliphatic rings. The minimum atomic E-state index is -1.61. The van der Waals surface area contributed by atoms with Crippen LogP contribution in [0.4, 0.5) is 4.79 Å². The summed E-state index contributed by atoms with van der Waals surface area (Å²) < 4.78 is 10.2. The van der Waals surface area contributed by atoms with E-state index in [4.69, 9.17) is 9.47 Å². The molecule has 0 spiro atoms. The maximum Gasteiger partial charge on any atom is 0.410 e. The summed E-state index contributed by atoms with van der Waals surface area (Å²) in [5.74, 6) is -0.443. The van der Waals surface area contributed by atoms with Crippen LogP contribution in [0.15, 0.2) is 0 Å². The molecule has 0 aromatic rings. The molecule has 0 N–H and O–H groups in total. The summed E-state index contributed by atoms with van der Waals surface area (Å²) in [5.41, 5.74) is -0.513. The molecule has 0 aliphatic carbocycles. The van der Waals surface area contributed by atoms with E-state index in [1.54, 1.807) is 4.90 Å². The number of carbonyl (C=O) groups excluding carboxylic acids is 2. The molecule has 110 valence electrons. The molecule has 6 heteroatoms. The van der Waals surface area contributed by atoms with Gasteiger partial charge in [0.15, 0.2) is 0 Å². The lowest BCUT2D eigenvalue weighted by molar-refractivity contribution is -0.145. The molecule has 0 radical (unpaired) electrons. The minimum Gasteiger partial charge on any atom is -0.469 e. The molecule has 1 heterocycles. The van der Waals surface area contributed by atoms with Gasteiger partial charge in [-0.3, -0.25) is 4.79 Å². The van der Waals surface area contributed by atoms with Crippen molar-refractivity contribution in [1.29, 1.82) is 0 Å². The van der Waals surface area contributed by atoms with Crippen LogP contribution >= 0.6 is 0 Å². The van der Waals surface area contributed by atoms with Crippen LogP contribution in [0, 0.1) is 5.92 Å². The van der Waals surface area contributed by atoms with E-state index in [1.807, 2.05) is 20.8 Å². The summed E-state index contributed by atoms with van der Waals surface area (Å²) >= 11 is 0. The van der Waals surface area contributed by atoms with Gasteiger partial charge in [0.2, 0.25) is 0 Å². The summed E-state index contributed by atoms with van der Waals surface area (Å²) in [7, 11) is -0.217. The second-order valence-corrected chi connectivity index (χ2v) is 12.0. The second kappa shape index (κ2) is 5.52. The Morgan fingerprint density at radius 3 is 2.32 bits per heavy atom. The Kier molecular flexibility index (Phi) is 4.66. The van der Waals surface area contributed by atoms with Gasteiger partial charge in [0.05, 0.1) is 21.1 Å². The van der Waals surface area contributed by atoms with Crippen LogP contribution in [-0.4, -0.2) is 50.5 Å². The molecule has 0 saturated carbocycles. The number of methoxy groups -OCH3 is 1. The largest absolute Gasteiger partial charge is 0.469 e. The lowest BCUT2D eigenvalue weighted by atomic mass is 10.1. The predicted molar refractivity (Wildman–Crippen MR) is 75.6 cm³/mol. The highest BCUT2D eigenvalue weighted by Gasteiger charge is 2.41. The van der Waals surface area contributed by atoms with Gasteiger partial charge in [-0.15, -0.1) is 0 Å². The normalized spacial score (nSPS) is 22.8. The van der Waals surface area contributed by atoms with Gasteiger partial charge in [-0.25, -0.2) is 4.79 Å². The first kappa shape index (κ1) is 16.0. The summed E-state index contributed by atoms with van der Waals surface area (Å²) in [6.45, 7) is 10.3. The number of hydrogen-bond acceptors (Lipinski definition) is 4. The number of ether oxygens (including phenoxy) is 2. The van der Waals surface area contributed by atoms with Gasteiger partial charge in [0, 0.05) is 12.7 Å². The van der Waals surface area contributed by atoms with Crippen LogP contribution in [-0.2, 0) is 14.3 Å². The molecule has 5 nitrogen and oxygen atoms in total.